The van der Waals surface area contributed by atoms with Crippen LogP contribution in [-0.2, 0) is 11.3 Å². The highest BCUT2D eigenvalue weighted by atomic mass is 32.2. The van der Waals surface area contributed by atoms with Crippen LogP contribution < -0.4 is 4.31 Å². The van der Waals surface area contributed by atoms with Gasteiger partial charge in [-0.3, -0.25) is 9.54 Å². The molecule has 0 radical (unpaired) electrons. The van der Waals surface area contributed by atoms with Gasteiger partial charge in [0.25, 0.3) is 11.3 Å². The Hall–Kier alpha value is -1.84. The fraction of sp³-hybridized carbons (Fsp3) is 0.100. The van der Waals surface area contributed by atoms with E-state index in [1.165, 1.54) is 11.7 Å². The maximum absolute atomic E-state index is 11.5. The topological polar surface area (TPSA) is 104 Å². The van der Waals surface area contributed by atoms with Gasteiger partial charge >= 0.3 is 5.97 Å². The smallest absolute Gasteiger partial charge is 0.357 e. The highest BCUT2D eigenvalue weighted by Gasteiger charge is 2.24. The van der Waals surface area contributed by atoms with Crippen LogP contribution in [0.5, 0.6) is 0 Å². The molecule has 0 aliphatic heterocycles. The molecule has 2 heterocycles. The van der Waals surface area contributed by atoms with E-state index in [0.717, 1.165) is 21.3 Å². The van der Waals surface area contributed by atoms with Crippen molar-refractivity contribution in [3.05, 3.63) is 35.2 Å². The molecule has 0 amide bonds. The van der Waals surface area contributed by atoms with Crippen LogP contribution >= 0.6 is 11.3 Å². The number of aromatic carboxylic acids is 1. The number of anilines is 2. The maximum Gasteiger partial charge on any atom is 0.357 e. The summed E-state index contributed by atoms with van der Waals surface area (Å²) in [6.07, 6.45) is 1.40. The Morgan fingerprint density at radius 1 is 1.42 bits per heavy atom. The van der Waals surface area contributed by atoms with Crippen LogP contribution in [0.3, 0.4) is 0 Å². The lowest BCUT2D eigenvalue weighted by molar-refractivity contribution is 0.0692. The van der Waals surface area contributed by atoms with Crippen molar-refractivity contribution >= 4 is 39.3 Å². The average Bonchev–Trinajstić information content (AvgIpc) is 2.80. The lowest BCUT2D eigenvalue weighted by Crippen LogP contribution is -2.20. The van der Waals surface area contributed by atoms with Crippen molar-refractivity contribution in [3.63, 3.8) is 0 Å². The van der Waals surface area contributed by atoms with Gasteiger partial charge in [0.1, 0.15) is 5.00 Å². The average molecular weight is 299 g/mol. The predicted molar refractivity (Wildman–Crippen MR) is 71.0 cm³/mol. The van der Waals surface area contributed by atoms with E-state index in [1.54, 1.807) is 19.1 Å². The SMILES string of the molecule is Cc1ccc(N(c2scnc2C(=O)O)S(=O)O)cn1. The molecule has 2 N–H and O–H groups in total. The summed E-state index contributed by atoms with van der Waals surface area (Å²) in [5.41, 5.74) is 2.10. The Kier molecular flexibility index (Phi) is 3.88. The lowest BCUT2D eigenvalue weighted by Gasteiger charge is -2.17. The van der Waals surface area contributed by atoms with Gasteiger partial charge in [0.15, 0.2) is 5.69 Å². The summed E-state index contributed by atoms with van der Waals surface area (Å²) in [5, 5.41) is 9.08. The molecule has 0 aromatic carbocycles. The van der Waals surface area contributed by atoms with E-state index in [-0.39, 0.29) is 10.7 Å². The number of hydrogen-bond acceptors (Lipinski definition) is 5. The fourth-order valence-corrected chi connectivity index (χ4v) is 2.94. The zero-order valence-corrected chi connectivity index (χ0v) is 11.3. The molecule has 9 heteroatoms. The summed E-state index contributed by atoms with van der Waals surface area (Å²) in [4.78, 5) is 18.7. The number of pyridine rings is 1. The van der Waals surface area contributed by atoms with Crippen LogP contribution in [0.2, 0.25) is 0 Å². The monoisotopic (exact) mass is 299 g/mol. The summed E-state index contributed by atoms with van der Waals surface area (Å²) in [6.45, 7) is 1.78. The first-order valence-electron chi connectivity index (χ1n) is 5.01. The second-order valence-corrected chi connectivity index (χ2v) is 5.15. The molecule has 0 spiro atoms. The lowest BCUT2D eigenvalue weighted by atomic mass is 10.3. The van der Waals surface area contributed by atoms with Crippen LogP contribution in [0.4, 0.5) is 10.7 Å². The molecular weight excluding hydrogens is 290 g/mol. The molecular formula is C10H9N3O4S2. The number of thiazole rings is 1. The largest absolute Gasteiger partial charge is 0.476 e. The molecule has 7 nitrogen and oxygen atoms in total. The van der Waals surface area contributed by atoms with Gasteiger partial charge in [-0.1, -0.05) is 0 Å². The molecule has 2 aromatic rings. The van der Waals surface area contributed by atoms with E-state index < -0.39 is 17.2 Å². The summed E-state index contributed by atoms with van der Waals surface area (Å²) in [6, 6.07) is 3.25. The zero-order chi connectivity index (χ0) is 14.0. The van der Waals surface area contributed by atoms with Crippen molar-refractivity contribution in [3.8, 4) is 0 Å². The van der Waals surface area contributed by atoms with E-state index in [0.29, 0.717) is 5.69 Å². The molecule has 1 atom stereocenters. The van der Waals surface area contributed by atoms with Crippen molar-refractivity contribution in [1.82, 2.24) is 9.97 Å². The van der Waals surface area contributed by atoms with Crippen molar-refractivity contribution < 1.29 is 18.7 Å². The molecule has 2 aromatic heterocycles. The molecule has 0 bridgehead atoms. The normalized spacial score (nSPS) is 12.1. The van der Waals surface area contributed by atoms with Crippen LogP contribution in [0.1, 0.15) is 16.2 Å². The highest BCUT2D eigenvalue weighted by Crippen LogP contribution is 2.32. The van der Waals surface area contributed by atoms with Gasteiger partial charge in [0.05, 0.1) is 17.4 Å². The third kappa shape index (κ3) is 2.78. The maximum atomic E-state index is 11.5. The Labute approximate surface area is 115 Å². The number of aromatic nitrogens is 2. The molecule has 19 heavy (non-hydrogen) atoms. The molecule has 0 saturated carbocycles. The standard InChI is InChI=1S/C10H9N3O4S2/c1-6-2-3-7(4-11-6)13(19(16)17)9-8(10(14)15)12-5-18-9/h2-5H,1H3,(H,14,15)(H,16,17). The summed E-state index contributed by atoms with van der Waals surface area (Å²) < 4.78 is 21.8. The Balaban J connectivity index is 2.52. The summed E-state index contributed by atoms with van der Waals surface area (Å²) in [5.74, 6) is -1.26. The van der Waals surface area contributed by atoms with Crippen LogP contribution in [0.25, 0.3) is 0 Å². The van der Waals surface area contributed by atoms with E-state index >= 15 is 0 Å². The number of nitrogens with zero attached hydrogens (tertiary/aromatic N) is 3. The van der Waals surface area contributed by atoms with E-state index in [4.69, 9.17) is 5.11 Å². The van der Waals surface area contributed by atoms with Gasteiger partial charge in [-0.25, -0.2) is 18.3 Å². The molecule has 100 valence electrons. The Morgan fingerprint density at radius 2 is 2.16 bits per heavy atom. The minimum atomic E-state index is -2.42. The van der Waals surface area contributed by atoms with Crippen LogP contribution in [0, 0.1) is 6.92 Å². The summed E-state index contributed by atoms with van der Waals surface area (Å²) in [7, 11) is 0. The highest BCUT2D eigenvalue weighted by molar-refractivity contribution is 7.81. The van der Waals surface area contributed by atoms with Crippen LogP contribution in [0.15, 0.2) is 23.8 Å². The molecule has 0 aliphatic rings. The first kappa shape index (κ1) is 13.6. The predicted octanol–water partition coefficient (Wildman–Crippen LogP) is 1.82. The fourth-order valence-electron chi connectivity index (χ4n) is 1.39. The van der Waals surface area contributed by atoms with Gasteiger partial charge in [0, 0.05) is 5.69 Å². The minimum absolute atomic E-state index is 0.0824. The van der Waals surface area contributed by atoms with Gasteiger partial charge in [-0.05, 0) is 19.1 Å². The Bertz CT molecular complexity index is 626. The van der Waals surface area contributed by atoms with Gasteiger partial charge < -0.3 is 5.11 Å². The third-order valence-corrected chi connectivity index (χ3v) is 3.85. The zero-order valence-electron chi connectivity index (χ0n) is 9.68. The second kappa shape index (κ2) is 5.43. The second-order valence-electron chi connectivity index (χ2n) is 3.49. The van der Waals surface area contributed by atoms with Crippen LogP contribution in [-0.4, -0.2) is 29.8 Å². The molecule has 2 rings (SSSR count). The van der Waals surface area contributed by atoms with Crippen molar-refractivity contribution in [2.75, 3.05) is 4.31 Å². The first-order chi connectivity index (χ1) is 9.00. The van der Waals surface area contributed by atoms with Gasteiger partial charge in [0.2, 0.25) is 0 Å². The van der Waals surface area contributed by atoms with Crippen molar-refractivity contribution in [1.29, 1.82) is 0 Å². The van der Waals surface area contributed by atoms with E-state index in [1.807, 2.05) is 0 Å². The van der Waals surface area contributed by atoms with Gasteiger partial charge in [-0.15, -0.1) is 11.3 Å². The number of carbonyl (C=O) groups is 1. The van der Waals surface area contributed by atoms with E-state index in [9.17, 15) is 13.6 Å². The van der Waals surface area contributed by atoms with Gasteiger partial charge in [-0.2, -0.15) is 0 Å². The van der Waals surface area contributed by atoms with Crippen molar-refractivity contribution in [2.45, 2.75) is 6.92 Å². The Morgan fingerprint density at radius 3 is 2.68 bits per heavy atom. The first-order valence-corrected chi connectivity index (χ1v) is 6.95. The molecule has 0 saturated heterocycles. The quantitative estimate of drug-likeness (QED) is 0.835. The number of aryl methyl sites for hydroxylation is 1. The third-order valence-electron chi connectivity index (χ3n) is 2.22. The number of rotatable bonds is 4. The number of carboxylic acids is 1. The molecule has 1 unspecified atom stereocenters. The van der Waals surface area contributed by atoms with E-state index in [2.05, 4.69) is 9.97 Å². The van der Waals surface area contributed by atoms with Crippen molar-refractivity contribution in [2.24, 2.45) is 0 Å². The summed E-state index contributed by atoms with van der Waals surface area (Å²) >= 11 is -1.45. The molecule has 0 fully saturated rings. The number of hydrogen-bond donors (Lipinski definition) is 2. The minimum Gasteiger partial charge on any atom is -0.476 e. The number of carboxylic acid groups (broad SMARTS) is 1. The molecule has 0 aliphatic carbocycles.